The van der Waals surface area contributed by atoms with Crippen LogP contribution in [0.2, 0.25) is 0 Å². The highest BCUT2D eigenvalue weighted by Crippen LogP contribution is 2.15. The predicted octanol–water partition coefficient (Wildman–Crippen LogP) is 0.974. The third-order valence-electron chi connectivity index (χ3n) is 3.68. The molecule has 1 aliphatic heterocycles. The van der Waals surface area contributed by atoms with Crippen molar-refractivity contribution in [2.45, 2.75) is 25.8 Å². The Kier molecular flexibility index (Phi) is 4.22. The summed E-state index contributed by atoms with van der Waals surface area (Å²) in [5, 5.41) is 3.02. The van der Waals surface area contributed by atoms with E-state index in [0.717, 1.165) is 37.6 Å². The number of hydrogen-bond donors (Lipinski definition) is 1. The van der Waals surface area contributed by atoms with E-state index in [1.165, 1.54) is 6.20 Å². The number of nitrogens with one attached hydrogen (secondary N) is 1. The van der Waals surface area contributed by atoms with E-state index in [9.17, 15) is 4.79 Å². The lowest BCUT2D eigenvalue weighted by atomic mass is 10.1. The highest BCUT2D eigenvalue weighted by atomic mass is 16.1. The van der Waals surface area contributed by atoms with Crippen LogP contribution >= 0.6 is 0 Å². The largest absolute Gasteiger partial charge is 0.348 e. The van der Waals surface area contributed by atoms with Crippen molar-refractivity contribution >= 4 is 11.9 Å². The van der Waals surface area contributed by atoms with E-state index in [-0.39, 0.29) is 11.9 Å². The van der Waals surface area contributed by atoms with Gasteiger partial charge in [0.05, 0.1) is 11.9 Å². The lowest BCUT2D eigenvalue weighted by molar-refractivity contribution is 0.0925. The van der Waals surface area contributed by atoms with Gasteiger partial charge < -0.3 is 10.2 Å². The van der Waals surface area contributed by atoms with Crippen LogP contribution in [0.5, 0.6) is 0 Å². The first-order valence-corrected chi connectivity index (χ1v) is 7.34. The molecular formula is C15H18N6O. The Balaban J connectivity index is 1.53. The van der Waals surface area contributed by atoms with Crippen molar-refractivity contribution in [3.8, 4) is 0 Å². The molecule has 114 valence electrons. The zero-order valence-electron chi connectivity index (χ0n) is 12.4. The van der Waals surface area contributed by atoms with Crippen molar-refractivity contribution in [1.82, 2.24) is 25.3 Å². The van der Waals surface area contributed by atoms with Crippen molar-refractivity contribution in [2.24, 2.45) is 0 Å². The van der Waals surface area contributed by atoms with Crippen molar-refractivity contribution in [2.75, 3.05) is 18.0 Å². The maximum atomic E-state index is 12.1. The molecule has 0 aromatic carbocycles. The van der Waals surface area contributed by atoms with E-state index in [0.29, 0.717) is 5.69 Å². The number of hydrogen-bond acceptors (Lipinski definition) is 6. The second kappa shape index (κ2) is 6.46. The number of nitrogens with zero attached hydrogens (tertiary/aromatic N) is 5. The number of anilines is 1. The minimum Gasteiger partial charge on any atom is -0.348 e. The Bertz CT molecular complexity index is 622. The molecule has 0 spiro atoms. The Labute approximate surface area is 128 Å². The van der Waals surface area contributed by atoms with Crippen molar-refractivity contribution < 1.29 is 4.79 Å². The van der Waals surface area contributed by atoms with Crippen LogP contribution in [0.1, 0.15) is 29.0 Å². The standard InChI is InChI=1S/C15H18N6O/c1-11-9-19-13(10-18-11)14(22)20-12-3-7-21(8-4-12)15-16-5-2-6-17-15/h2,5-6,9-10,12H,3-4,7-8H2,1H3,(H,20,22). The number of carbonyl (C=O) groups excluding carboxylic acids is 1. The molecule has 1 fully saturated rings. The molecule has 3 rings (SSSR count). The molecule has 22 heavy (non-hydrogen) atoms. The molecule has 2 aromatic heterocycles. The summed E-state index contributed by atoms with van der Waals surface area (Å²) < 4.78 is 0. The number of rotatable bonds is 3. The van der Waals surface area contributed by atoms with Gasteiger partial charge in [0.15, 0.2) is 0 Å². The van der Waals surface area contributed by atoms with Gasteiger partial charge in [-0.3, -0.25) is 9.78 Å². The Morgan fingerprint density at radius 1 is 1.14 bits per heavy atom. The van der Waals surface area contributed by atoms with Crippen LogP contribution in [0.3, 0.4) is 0 Å². The van der Waals surface area contributed by atoms with E-state index < -0.39 is 0 Å². The van der Waals surface area contributed by atoms with Crippen LogP contribution in [-0.2, 0) is 0 Å². The Morgan fingerprint density at radius 2 is 1.86 bits per heavy atom. The van der Waals surface area contributed by atoms with Crippen LogP contribution in [0, 0.1) is 6.92 Å². The van der Waals surface area contributed by atoms with Gasteiger partial charge in [0, 0.05) is 37.7 Å². The average Bonchev–Trinajstić information content (AvgIpc) is 2.57. The third kappa shape index (κ3) is 3.36. The van der Waals surface area contributed by atoms with Gasteiger partial charge in [0.2, 0.25) is 5.95 Å². The lowest BCUT2D eigenvalue weighted by Gasteiger charge is -2.32. The summed E-state index contributed by atoms with van der Waals surface area (Å²) in [5.74, 6) is 0.582. The average molecular weight is 298 g/mol. The topological polar surface area (TPSA) is 83.9 Å². The fourth-order valence-electron chi connectivity index (χ4n) is 2.45. The molecule has 3 heterocycles. The molecule has 1 saturated heterocycles. The lowest BCUT2D eigenvalue weighted by Crippen LogP contribution is -2.45. The maximum Gasteiger partial charge on any atom is 0.271 e. The van der Waals surface area contributed by atoms with E-state index in [1.807, 2.05) is 6.92 Å². The maximum absolute atomic E-state index is 12.1. The van der Waals surface area contributed by atoms with Gasteiger partial charge in [0.1, 0.15) is 5.69 Å². The van der Waals surface area contributed by atoms with Gasteiger partial charge in [-0.15, -0.1) is 0 Å². The van der Waals surface area contributed by atoms with E-state index in [2.05, 4.69) is 30.2 Å². The fraction of sp³-hybridized carbons (Fsp3) is 0.400. The summed E-state index contributed by atoms with van der Waals surface area (Å²) in [6, 6.07) is 1.95. The highest BCUT2D eigenvalue weighted by Gasteiger charge is 2.22. The van der Waals surface area contributed by atoms with Gasteiger partial charge >= 0.3 is 0 Å². The van der Waals surface area contributed by atoms with Crippen LogP contribution in [0.15, 0.2) is 30.9 Å². The van der Waals surface area contributed by atoms with E-state index >= 15 is 0 Å². The smallest absolute Gasteiger partial charge is 0.271 e. The molecule has 7 heteroatoms. The van der Waals surface area contributed by atoms with Gasteiger partial charge in [-0.1, -0.05) is 0 Å². The molecule has 0 radical (unpaired) electrons. The molecule has 0 aliphatic carbocycles. The summed E-state index contributed by atoms with van der Waals surface area (Å²) in [7, 11) is 0. The van der Waals surface area contributed by atoms with Crippen molar-refractivity contribution in [3.05, 3.63) is 42.2 Å². The molecule has 1 amide bonds. The van der Waals surface area contributed by atoms with Gasteiger partial charge in [-0.05, 0) is 25.8 Å². The predicted molar refractivity (Wildman–Crippen MR) is 81.5 cm³/mol. The minimum atomic E-state index is -0.165. The second-order valence-electron chi connectivity index (χ2n) is 5.33. The number of aromatic nitrogens is 4. The highest BCUT2D eigenvalue weighted by molar-refractivity contribution is 5.92. The molecular weight excluding hydrogens is 280 g/mol. The Hall–Kier alpha value is -2.57. The molecule has 7 nitrogen and oxygen atoms in total. The van der Waals surface area contributed by atoms with E-state index in [4.69, 9.17) is 0 Å². The fourth-order valence-corrected chi connectivity index (χ4v) is 2.45. The van der Waals surface area contributed by atoms with Gasteiger partial charge in [0.25, 0.3) is 5.91 Å². The number of aryl methyl sites for hydroxylation is 1. The van der Waals surface area contributed by atoms with Gasteiger partial charge in [-0.25, -0.2) is 15.0 Å². The second-order valence-corrected chi connectivity index (χ2v) is 5.33. The normalized spacial score (nSPS) is 15.6. The van der Waals surface area contributed by atoms with Crippen LogP contribution in [0.25, 0.3) is 0 Å². The number of amides is 1. The summed E-state index contributed by atoms with van der Waals surface area (Å²) in [5.41, 5.74) is 1.16. The van der Waals surface area contributed by atoms with Gasteiger partial charge in [-0.2, -0.15) is 0 Å². The van der Waals surface area contributed by atoms with Crippen LogP contribution in [0.4, 0.5) is 5.95 Å². The molecule has 0 unspecified atom stereocenters. The number of piperidine rings is 1. The molecule has 1 N–H and O–H groups in total. The Morgan fingerprint density at radius 3 is 2.50 bits per heavy atom. The summed E-state index contributed by atoms with van der Waals surface area (Å²) in [4.78, 5) is 31.0. The zero-order chi connectivity index (χ0) is 15.4. The quantitative estimate of drug-likeness (QED) is 0.909. The van der Waals surface area contributed by atoms with Crippen molar-refractivity contribution in [3.63, 3.8) is 0 Å². The summed E-state index contributed by atoms with van der Waals surface area (Å²) in [6.45, 7) is 3.50. The summed E-state index contributed by atoms with van der Waals surface area (Å²) >= 11 is 0. The third-order valence-corrected chi connectivity index (χ3v) is 3.68. The monoisotopic (exact) mass is 298 g/mol. The molecule has 0 atom stereocenters. The van der Waals surface area contributed by atoms with Crippen LogP contribution in [-0.4, -0.2) is 45.0 Å². The first-order chi connectivity index (χ1) is 10.7. The molecule has 0 bridgehead atoms. The number of carbonyl (C=O) groups is 1. The van der Waals surface area contributed by atoms with Crippen molar-refractivity contribution in [1.29, 1.82) is 0 Å². The summed E-state index contributed by atoms with van der Waals surface area (Å²) in [6.07, 6.45) is 8.33. The molecule has 1 aliphatic rings. The van der Waals surface area contributed by atoms with Crippen LogP contribution < -0.4 is 10.2 Å². The van der Waals surface area contributed by atoms with E-state index in [1.54, 1.807) is 24.7 Å². The minimum absolute atomic E-state index is 0.149. The first kappa shape index (κ1) is 14.4. The molecule has 0 saturated carbocycles. The zero-order valence-corrected chi connectivity index (χ0v) is 12.4. The first-order valence-electron chi connectivity index (χ1n) is 7.34. The SMILES string of the molecule is Cc1cnc(C(=O)NC2CCN(c3ncccn3)CC2)cn1. The molecule has 2 aromatic rings.